The average molecular weight is 398 g/mol. The van der Waals surface area contributed by atoms with Gasteiger partial charge in [0.1, 0.15) is 17.1 Å². The molecule has 0 aliphatic heterocycles. The lowest BCUT2D eigenvalue weighted by Gasteiger charge is -2.13. The fraction of sp³-hybridized carbons (Fsp3) is 0.409. The number of nitrogens with zero attached hydrogens (tertiary/aromatic N) is 1. The van der Waals surface area contributed by atoms with Gasteiger partial charge in [-0.2, -0.15) is 0 Å². The van der Waals surface area contributed by atoms with Gasteiger partial charge in [-0.15, -0.1) is 0 Å². The van der Waals surface area contributed by atoms with Crippen LogP contribution in [0.3, 0.4) is 0 Å². The lowest BCUT2D eigenvalue weighted by Crippen LogP contribution is -2.32. The van der Waals surface area contributed by atoms with Crippen molar-refractivity contribution in [1.29, 1.82) is 0 Å². The first-order valence-electron chi connectivity index (χ1n) is 9.58. The number of pyridine rings is 1. The van der Waals surface area contributed by atoms with E-state index in [-0.39, 0.29) is 17.9 Å². The maximum Gasteiger partial charge on any atom is 0.263 e. The van der Waals surface area contributed by atoms with E-state index >= 15 is 0 Å². The molecule has 154 valence electrons. The normalized spacial score (nSPS) is 17.5. The molecule has 0 spiro atoms. The topological polar surface area (TPSA) is 86.6 Å². The Morgan fingerprint density at radius 1 is 1.14 bits per heavy atom. The van der Waals surface area contributed by atoms with Gasteiger partial charge in [-0.1, -0.05) is 6.92 Å². The molecule has 1 amide bonds. The second kappa shape index (κ2) is 8.51. The predicted molar refractivity (Wildman–Crippen MR) is 109 cm³/mol. The van der Waals surface area contributed by atoms with Crippen molar-refractivity contribution >= 4 is 11.7 Å². The summed E-state index contributed by atoms with van der Waals surface area (Å²) in [6.07, 6.45) is 3.01. The molecular weight excluding hydrogens is 372 g/mol. The van der Waals surface area contributed by atoms with Crippen molar-refractivity contribution in [3.05, 3.63) is 57.5 Å². The third kappa shape index (κ3) is 4.67. The minimum absolute atomic E-state index is 0.0444. The number of methoxy groups -OCH3 is 2. The minimum atomic E-state index is -0.513. The monoisotopic (exact) mass is 398 g/mol. The molecule has 1 saturated carbocycles. The smallest absolute Gasteiger partial charge is 0.263 e. The number of amides is 1. The van der Waals surface area contributed by atoms with Crippen LogP contribution in [-0.4, -0.2) is 37.5 Å². The molecule has 1 aliphatic carbocycles. The number of Topliss-reactive ketones (excluding diaryl/α,β-unsaturated/α-hetero) is 1. The Morgan fingerprint density at radius 3 is 2.28 bits per heavy atom. The molecule has 7 nitrogen and oxygen atoms in total. The standard InChI is InChI=1S/C22H26N2O5/c1-13-5-15(13)9-20(25)16-8-19(21(26)23-2)22(27)24(12-16)11-14-6-17(28-3)10-18(7-14)29-4/h6-8,10,12-13,15H,5,9,11H2,1-4H3,(H,23,26)/t13-,15+/m0/s1. The zero-order chi connectivity index (χ0) is 21.1. The minimum Gasteiger partial charge on any atom is -0.497 e. The van der Waals surface area contributed by atoms with E-state index in [4.69, 9.17) is 9.47 Å². The molecule has 2 aromatic rings. The van der Waals surface area contributed by atoms with Crippen molar-refractivity contribution in [2.75, 3.05) is 21.3 Å². The van der Waals surface area contributed by atoms with Gasteiger partial charge in [0, 0.05) is 31.3 Å². The summed E-state index contributed by atoms with van der Waals surface area (Å²) in [5.74, 6) is 1.55. The summed E-state index contributed by atoms with van der Waals surface area (Å²) in [5.41, 5.74) is 0.628. The maximum absolute atomic E-state index is 12.9. The van der Waals surface area contributed by atoms with Gasteiger partial charge in [0.15, 0.2) is 5.78 Å². The lowest BCUT2D eigenvalue weighted by molar-refractivity contribution is 0.0961. The van der Waals surface area contributed by atoms with Crippen LogP contribution in [0.25, 0.3) is 0 Å². The molecule has 3 rings (SSSR count). The first-order chi connectivity index (χ1) is 13.9. The van der Waals surface area contributed by atoms with Gasteiger partial charge in [0.05, 0.1) is 20.8 Å². The molecule has 1 N–H and O–H groups in total. The van der Waals surface area contributed by atoms with Crippen molar-refractivity contribution in [2.45, 2.75) is 26.3 Å². The van der Waals surface area contributed by atoms with E-state index < -0.39 is 11.5 Å². The molecule has 0 radical (unpaired) electrons. The highest BCUT2D eigenvalue weighted by Gasteiger charge is 2.34. The molecule has 0 saturated heterocycles. The third-order valence-corrected chi connectivity index (χ3v) is 5.37. The number of ketones is 1. The molecule has 1 aliphatic rings. The molecule has 7 heteroatoms. The number of ether oxygens (including phenoxy) is 2. The summed E-state index contributed by atoms with van der Waals surface area (Å²) in [5, 5.41) is 2.47. The molecule has 1 heterocycles. The van der Waals surface area contributed by atoms with Crippen LogP contribution in [0, 0.1) is 11.8 Å². The van der Waals surface area contributed by atoms with Crippen LogP contribution in [0.15, 0.2) is 35.3 Å². The highest BCUT2D eigenvalue weighted by Crippen LogP contribution is 2.41. The van der Waals surface area contributed by atoms with Crippen LogP contribution in [0.5, 0.6) is 11.5 Å². The number of aromatic nitrogens is 1. The van der Waals surface area contributed by atoms with E-state index in [0.717, 1.165) is 12.0 Å². The van der Waals surface area contributed by atoms with Crippen molar-refractivity contribution in [3.63, 3.8) is 0 Å². The largest absolute Gasteiger partial charge is 0.497 e. The summed E-state index contributed by atoms with van der Waals surface area (Å²) in [6, 6.07) is 6.71. The fourth-order valence-corrected chi connectivity index (χ4v) is 3.40. The fourth-order valence-electron chi connectivity index (χ4n) is 3.40. The Kier molecular flexibility index (Phi) is 6.06. The SMILES string of the molecule is CNC(=O)c1cc(C(=O)C[C@H]2C[C@@H]2C)cn(Cc2cc(OC)cc(OC)c2)c1=O. The van der Waals surface area contributed by atoms with Crippen molar-refractivity contribution in [2.24, 2.45) is 11.8 Å². The number of carbonyl (C=O) groups excluding carboxylic acids is 2. The molecule has 1 aromatic carbocycles. The lowest BCUT2D eigenvalue weighted by atomic mass is 10.0. The zero-order valence-electron chi connectivity index (χ0n) is 17.2. The first-order valence-corrected chi connectivity index (χ1v) is 9.58. The Hall–Kier alpha value is -3.09. The summed E-state index contributed by atoms with van der Waals surface area (Å²) in [4.78, 5) is 37.8. The van der Waals surface area contributed by atoms with Crippen LogP contribution in [-0.2, 0) is 6.54 Å². The molecule has 0 bridgehead atoms. The van der Waals surface area contributed by atoms with E-state index in [2.05, 4.69) is 12.2 Å². The maximum atomic E-state index is 12.9. The molecule has 29 heavy (non-hydrogen) atoms. The van der Waals surface area contributed by atoms with Gasteiger partial charge < -0.3 is 19.4 Å². The highest BCUT2D eigenvalue weighted by atomic mass is 16.5. The van der Waals surface area contributed by atoms with E-state index in [1.807, 2.05) is 0 Å². The number of rotatable bonds is 8. The van der Waals surface area contributed by atoms with Crippen LogP contribution < -0.4 is 20.3 Å². The quantitative estimate of drug-likeness (QED) is 0.691. The third-order valence-electron chi connectivity index (χ3n) is 5.37. The second-order valence-electron chi connectivity index (χ2n) is 7.48. The van der Waals surface area contributed by atoms with Gasteiger partial charge in [0.2, 0.25) is 0 Å². The number of hydrogen-bond donors (Lipinski definition) is 1. The molecule has 2 atom stereocenters. The van der Waals surface area contributed by atoms with E-state index in [1.165, 1.54) is 23.9 Å². The summed E-state index contributed by atoms with van der Waals surface area (Å²) in [7, 11) is 4.55. The van der Waals surface area contributed by atoms with Gasteiger partial charge in [-0.25, -0.2) is 0 Å². The summed E-state index contributed by atoms with van der Waals surface area (Å²) in [6.45, 7) is 2.29. The predicted octanol–water partition coefficient (Wildman–Crippen LogP) is 2.50. The van der Waals surface area contributed by atoms with Crippen molar-refractivity contribution < 1.29 is 19.1 Å². The van der Waals surface area contributed by atoms with Crippen LogP contribution in [0.1, 0.15) is 46.0 Å². The number of hydrogen-bond acceptors (Lipinski definition) is 5. The Bertz CT molecular complexity index is 973. The highest BCUT2D eigenvalue weighted by molar-refractivity contribution is 6.00. The van der Waals surface area contributed by atoms with Crippen LogP contribution >= 0.6 is 0 Å². The summed E-state index contributed by atoms with van der Waals surface area (Å²) >= 11 is 0. The number of carbonyl (C=O) groups is 2. The van der Waals surface area contributed by atoms with E-state index in [0.29, 0.717) is 35.3 Å². The Labute approximate surface area is 169 Å². The van der Waals surface area contributed by atoms with Gasteiger partial charge >= 0.3 is 0 Å². The molecular formula is C22H26N2O5. The van der Waals surface area contributed by atoms with E-state index in [1.54, 1.807) is 32.4 Å². The molecule has 1 aromatic heterocycles. The molecule has 0 unspecified atom stereocenters. The van der Waals surface area contributed by atoms with Gasteiger partial charge in [-0.3, -0.25) is 14.4 Å². The Balaban J connectivity index is 2.00. The summed E-state index contributed by atoms with van der Waals surface area (Å²) < 4.78 is 12.0. The average Bonchev–Trinajstić information content (AvgIpc) is 3.42. The van der Waals surface area contributed by atoms with Crippen molar-refractivity contribution in [1.82, 2.24) is 9.88 Å². The van der Waals surface area contributed by atoms with E-state index in [9.17, 15) is 14.4 Å². The van der Waals surface area contributed by atoms with Crippen LogP contribution in [0.2, 0.25) is 0 Å². The van der Waals surface area contributed by atoms with Gasteiger partial charge in [0.25, 0.3) is 11.5 Å². The van der Waals surface area contributed by atoms with Crippen molar-refractivity contribution in [3.8, 4) is 11.5 Å². The molecule has 1 fully saturated rings. The first kappa shape index (κ1) is 20.6. The number of benzene rings is 1. The Morgan fingerprint density at radius 2 is 1.76 bits per heavy atom. The van der Waals surface area contributed by atoms with Gasteiger partial charge in [-0.05, 0) is 42.0 Å². The number of nitrogens with one attached hydrogen (secondary N) is 1. The second-order valence-corrected chi connectivity index (χ2v) is 7.48. The zero-order valence-corrected chi connectivity index (χ0v) is 17.2. The van der Waals surface area contributed by atoms with Crippen LogP contribution in [0.4, 0.5) is 0 Å².